The van der Waals surface area contributed by atoms with Crippen LogP contribution in [0.4, 0.5) is 9.18 Å². The first-order valence-corrected chi connectivity index (χ1v) is 10.1. The number of rotatable bonds is 3. The minimum atomic E-state index is -3.51. The number of hydrogen-bond donors (Lipinski definition) is 0. The molecule has 3 heterocycles. The van der Waals surface area contributed by atoms with Crippen molar-refractivity contribution in [3.8, 4) is 0 Å². The Morgan fingerprint density at radius 1 is 1.16 bits per heavy atom. The molecule has 25 heavy (non-hydrogen) atoms. The highest BCUT2D eigenvalue weighted by molar-refractivity contribution is 7.88. The van der Waals surface area contributed by atoms with Gasteiger partial charge in [0.2, 0.25) is 10.0 Å². The highest BCUT2D eigenvalue weighted by Crippen LogP contribution is 2.31. The van der Waals surface area contributed by atoms with Crippen LogP contribution in [-0.2, 0) is 15.8 Å². The summed E-state index contributed by atoms with van der Waals surface area (Å²) in [6.07, 6.45) is 1.70. The second-order valence-corrected chi connectivity index (χ2v) is 9.05. The lowest BCUT2D eigenvalue weighted by Crippen LogP contribution is -2.48. The molecule has 2 atom stereocenters. The number of sulfonamides is 1. The van der Waals surface area contributed by atoms with E-state index in [1.54, 1.807) is 23.3 Å². The second kappa shape index (κ2) is 6.92. The normalized spacial score (nSPS) is 24.2. The van der Waals surface area contributed by atoms with Crippen LogP contribution in [0.2, 0.25) is 0 Å². The van der Waals surface area contributed by atoms with Crippen molar-refractivity contribution in [1.29, 1.82) is 0 Å². The predicted octanol–water partition coefficient (Wildman–Crippen LogP) is 1.73. The smallest absolute Gasteiger partial charge is 0.319 e. The molecule has 138 valence electrons. The Balaban J connectivity index is 1.78. The average Bonchev–Trinajstić information content (AvgIpc) is 2.88. The lowest BCUT2D eigenvalue weighted by Gasteiger charge is -2.35. The van der Waals surface area contributed by atoms with E-state index in [9.17, 15) is 17.6 Å². The Labute approximate surface area is 148 Å². The molecule has 3 fully saturated rings. The number of amides is 2. The summed E-state index contributed by atoms with van der Waals surface area (Å²) < 4.78 is 40.4. The zero-order valence-corrected chi connectivity index (χ0v) is 15.4. The maximum absolute atomic E-state index is 13.0. The van der Waals surface area contributed by atoms with Crippen molar-refractivity contribution >= 4 is 16.1 Å². The van der Waals surface area contributed by atoms with Gasteiger partial charge in [-0.3, -0.25) is 0 Å². The Morgan fingerprint density at radius 3 is 2.48 bits per heavy atom. The van der Waals surface area contributed by atoms with Crippen LogP contribution in [0, 0.1) is 11.7 Å². The third-order valence-electron chi connectivity index (χ3n) is 4.94. The zero-order valence-electron chi connectivity index (χ0n) is 14.6. The number of halogens is 1. The molecule has 1 aromatic rings. The van der Waals surface area contributed by atoms with Gasteiger partial charge in [-0.05, 0) is 36.5 Å². The minimum absolute atomic E-state index is 0.0744. The number of piperidine rings is 1. The highest BCUT2D eigenvalue weighted by atomic mass is 32.2. The van der Waals surface area contributed by atoms with Crippen molar-refractivity contribution in [2.24, 2.45) is 5.92 Å². The third-order valence-corrected chi connectivity index (χ3v) is 6.80. The van der Waals surface area contributed by atoms with Crippen molar-refractivity contribution in [3.63, 3.8) is 0 Å². The topological polar surface area (TPSA) is 60.9 Å². The van der Waals surface area contributed by atoms with Crippen LogP contribution in [0.25, 0.3) is 0 Å². The summed E-state index contributed by atoms with van der Waals surface area (Å²) in [5, 5.41) is 0. The SMILES string of the molecule is CN(C)C(=O)N1C[C@H]2CC[C@@H](C1)N(S(=O)(=O)Cc1ccc(F)cc1)C2. The van der Waals surface area contributed by atoms with Gasteiger partial charge in [0.15, 0.2) is 0 Å². The van der Waals surface area contributed by atoms with Gasteiger partial charge in [-0.2, -0.15) is 4.31 Å². The highest BCUT2D eigenvalue weighted by Gasteiger charge is 2.41. The minimum Gasteiger partial charge on any atom is -0.331 e. The number of urea groups is 1. The molecule has 0 saturated carbocycles. The molecule has 0 aromatic heterocycles. The van der Waals surface area contributed by atoms with Crippen LogP contribution in [0.1, 0.15) is 18.4 Å². The number of benzene rings is 1. The first-order valence-electron chi connectivity index (χ1n) is 8.46. The summed E-state index contributed by atoms with van der Waals surface area (Å²) >= 11 is 0. The molecule has 2 bridgehead atoms. The maximum atomic E-state index is 13.0. The molecule has 0 radical (unpaired) electrons. The molecule has 3 aliphatic heterocycles. The molecular formula is C17H24FN3O3S. The van der Waals surface area contributed by atoms with Gasteiger partial charge in [0.1, 0.15) is 5.82 Å². The number of carbonyl (C=O) groups is 1. The summed E-state index contributed by atoms with van der Waals surface area (Å²) in [4.78, 5) is 15.6. The average molecular weight is 369 g/mol. The zero-order chi connectivity index (χ0) is 18.2. The van der Waals surface area contributed by atoms with Crippen molar-refractivity contribution in [3.05, 3.63) is 35.6 Å². The van der Waals surface area contributed by atoms with Gasteiger partial charge in [-0.25, -0.2) is 17.6 Å². The monoisotopic (exact) mass is 369 g/mol. The molecule has 8 heteroatoms. The van der Waals surface area contributed by atoms with Crippen molar-refractivity contribution in [1.82, 2.24) is 14.1 Å². The largest absolute Gasteiger partial charge is 0.331 e. The number of hydrogen-bond acceptors (Lipinski definition) is 3. The van der Waals surface area contributed by atoms with Gasteiger partial charge in [0.25, 0.3) is 0 Å². The maximum Gasteiger partial charge on any atom is 0.319 e. The van der Waals surface area contributed by atoms with E-state index in [1.165, 1.54) is 29.2 Å². The summed E-state index contributed by atoms with van der Waals surface area (Å²) in [6.45, 7) is 1.47. The Kier molecular flexibility index (Phi) is 5.02. The summed E-state index contributed by atoms with van der Waals surface area (Å²) in [6, 6.07) is 5.30. The Hall–Kier alpha value is -1.67. The fourth-order valence-electron chi connectivity index (χ4n) is 3.69. The fourth-order valence-corrected chi connectivity index (χ4v) is 5.54. The van der Waals surface area contributed by atoms with Gasteiger partial charge in [-0.15, -0.1) is 0 Å². The quantitative estimate of drug-likeness (QED) is 0.815. The molecular weight excluding hydrogens is 345 g/mol. The third kappa shape index (κ3) is 3.95. The molecule has 0 N–H and O–H groups in total. The second-order valence-electron chi connectivity index (χ2n) is 7.13. The van der Waals surface area contributed by atoms with E-state index in [0.29, 0.717) is 25.2 Å². The van der Waals surface area contributed by atoms with E-state index >= 15 is 0 Å². The molecule has 2 amide bonds. The van der Waals surface area contributed by atoms with Crippen LogP contribution < -0.4 is 0 Å². The molecule has 0 spiro atoms. The first kappa shape index (κ1) is 18.1. The number of carbonyl (C=O) groups excluding carboxylic acids is 1. The summed E-state index contributed by atoms with van der Waals surface area (Å²) in [5.41, 5.74) is 0.572. The standard InChI is InChI=1S/C17H24FN3O3S/c1-19(2)17(22)20-9-14-5-8-16(11-20)21(10-14)25(23,24)12-13-3-6-15(18)7-4-13/h3-4,6-7,14,16H,5,8-12H2,1-2H3/t14-,16+/m1/s1. The van der Waals surface area contributed by atoms with Crippen LogP contribution in [-0.4, -0.2) is 68.3 Å². The fraction of sp³-hybridized carbons (Fsp3) is 0.588. The van der Waals surface area contributed by atoms with Crippen molar-refractivity contribution < 1.29 is 17.6 Å². The van der Waals surface area contributed by atoms with Crippen LogP contribution in [0.3, 0.4) is 0 Å². The molecule has 0 unspecified atom stereocenters. The lowest BCUT2D eigenvalue weighted by atomic mass is 9.97. The van der Waals surface area contributed by atoms with E-state index in [2.05, 4.69) is 0 Å². The van der Waals surface area contributed by atoms with E-state index in [-0.39, 0.29) is 29.6 Å². The molecule has 3 saturated heterocycles. The Bertz CT molecular complexity index is 736. The van der Waals surface area contributed by atoms with Gasteiger partial charge < -0.3 is 9.80 Å². The van der Waals surface area contributed by atoms with E-state index in [0.717, 1.165) is 12.8 Å². The predicted molar refractivity (Wildman–Crippen MR) is 92.9 cm³/mol. The van der Waals surface area contributed by atoms with Gasteiger partial charge in [0.05, 0.1) is 5.75 Å². The van der Waals surface area contributed by atoms with E-state index in [4.69, 9.17) is 0 Å². The number of fused-ring (bicyclic) bond motifs is 4. The van der Waals surface area contributed by atoms with Gasteiger partial charge in [-0.1, -0.05) is 12.1 Å². The van der Waals surface area contributed by atoms with Crippen LogP contribution in [0.15, 0.2) is 24.3 Å². The molecule has 1 aromatic carbocycles. The van der Waals surface area contributed by atoms with Crippen LogP contribution in [0.5, 0.6) is 0 Å². The van der Waals surface area contributed by atoms with Gasteiger partial charge >= 0.3 is 6.03 Å². The summed E-state index contributed by atoms with van der Waals surface area (Å²) in [5.74, 6) is -0.364. The molecule has 3 aliphatic rings. The first-order chi connectivity index (χ1) is 11.8. The van der Waals surface area contributed by atoms with Crippen molar-refractivity contribution in [2.45, 2.75) is 24.6 Å². The number of nitrogens with zero attached hydrogens (tertiary/aromatic N) is 3. The van der Waals surface area contributed by atoms with Crippen molar-refractivity contribution in [2.75, 3.05) is 33.7 Å². The van der Waals surface area contributed by atoms with E-state index < -0.39 is 10.0 Å². The molecule has 0 aliphatic carbocycles. The summed E-state index contributed by atoms with van der Waals surface area (Å²) in [7, 11) is -0.100. The Morgan fingerprint density at radius 2 is 1.84 bits per heavy atom. The lowest BCUT2D eigenvalue weighted by molar-refractivity contribution is 0.167. The van der Waals surface area contributed by atoms with E-state index in [1.807, 2.05) is 0 Å². The molecule has 6 nitrogen and oxygen atoms in total. The molecule has 4 rings (SSSR count). The van der Waals surface area contributed by atoms with Gasteiger partial charge in [0, 0.05) is 39.8 Å². The van der Waals surface area contributed by atoms with Crippen LogP contribution >= 0.6 is 0 Å².